The lowest BCUT2D eigenvalue weighted by molar-refractivity contribution is -0.122. The van der Waals surface area contributed by atoms with Gasteiger partial charge in [0.1, 0.15) is 5.75 Å². The number of fused-ring (bicyclic) bond motifs is 1. The number of ether oxygens (including phenoxy) is 1. The molecule has 0 fully saturated rings. The lowest BCUT2D eigenvalue weighted by Crippen LogP contribution is -2.41. The van der Waals surface area contributed by atoms with Crippen molar-refractivity contribution in [1.29, 1.82) is 0 Å². The SMILES string of the molecule is NC(=O)c1ccc(NC(=O)C2CNc3ccccc3O2)cc1. The fourth-order valence-corrected chi connectivity index (χ4v) is 2.20. The molecule has 3 rings (SSSR count). The molecule has 4 N–H and O–H groups in total. The number of para-hydroxylation sites is 2. The largest absolute Gasteiger partial charge is 0.477 e. The van der Waals surface area contributed by atoms with Crippen molar-refractivity contribution in [3.63, 3.8) is 0 Å². The highest BCUT2D eigenvalue weighted by Gasteiger charge is 2.25. The second kappa shape index (κ2) is 5.77. The number of hydrogen-bond acceptors (Lipinski definition) is 4. The van der Waals surface area contributed by atoms with Gasteiger partial charge in [-0.3, -0.25) is 9.59 Å². The van der Waals surface area contributed by atoms with Gasteiger partial charge in [0.2, 0.25) is 5.91 Å². The van der Waals surface area contributed by atoms with Crippen LogP contribution in [0.1, 0.15) is 10.4 Å². The molecule has 0 saturated heterocycles. The summed E-state index contributed by atoms with van der Waals surface area (Å²) >= 11 is 0. The zero-order chi connectivity index (χ0) is 15.5. The van der Waals surface area contributed by atoms with E-state index in [0.29, 0.717) is 23.5 Å². The van der Waals surface area contributed by atoms with Crippen LogP contribution in [-0.4, -0.2) is 24.5 Å². The molecule has 2 aromatic carbocycles. The number of amides is 2. The molecule has 0 saturated carbocycles. The van der Waals surface area contributed by atoms with Crippen molar-refractivity contribution in [1.82, 2.24) is 0 Å². The fourth-order valence-electron chi connectivity index (χ4n) is 2.20. The summed E-state index contributed by atoms with van der Waals surface area (Å²) < 4.78 is 5.68. The van der Waals surface area contributed by atoms with E-state index in [0.717, 1.165) is 5.69 Å². The van der Waals surface area contributed by atoms with Crippen molar-refractivity contribution in [2.24, 2.45) is 5.73 Å². The zero-order valence-corrected chi connectivity index (χ0v) is 11.7. The lowest BCUT2D eigenvalue weighted by Gasteiger charge is -2.26. The Morgan fingerprint density at radius 1 is 1.14 bits per heavy atom. The first-order chi connectivity index (χ1) is 10.6. The van der Waals surface area contributed by atoms with Crippen LogP contribution in [0.5, 0.6) is 5.75 Å². The van der Waals surface area contributed by atoms with E-state index in [2.05, 4.69) is 10.6 Å². The summed E-state index contributed by atoms with van der Waals surface area (Å²) in [4.78, 5) is 23.2. The van der Waals surface area contributed by atoms with Crippen LogP contribution in [0.2, 0.25) is 0 Å². The van der Waals surface area contributed by atoms with Crippen LogP contribution in [0, 0.1) is 0 Å². The van der Waals surface area contributed by atoms with E-state index in [1.54, 1.807) is 24.3 Å². The van der Waals surface area contributed by atoms with Gasteiger partial charge in [-0.15, -0.1) is 0 Å². The number of benzene rings is 2. The molecule has 1 heterocycles. The Hall–Kier alpha value is -3.02. The van der Waals surface area contributed by atoms with Crippen molar-refractivity contribution in [3.05, 3.63) is 54.1 Å². The van der Waals surface area contributed by atoms with Crippen LogP contribution in [0.4, 0.5) is 11.4 Å². The number of anilines is 2. The first-order valence-electron chi connectivity index (χ1n) is 6.84. The van der Waals surface area contributed by atoms with Gasteiger partial charge < -0.3 is 21.1 Å². The number of hydrogen-bond donors (Lipinski definition) is 3. The minimum absolute atomic E-state index is 0.256. The Morgan fingerprint density at radius 3 is 2.59 bits per heavy atom. The second-order valence-electron chi connectivity index (χ2n) is 4.91. The van der Waals surface area contributed by atoms with Crippen LogP contribution in [0.3, 0.4) is 0 Å². The molecule has 2 aromatic rings. The standard InChI is InChI=1S/C16H15N3O3/c17-15(20)10-5-7-11(8-6-10)19-16(21)14-9-18-12-3-1-2-4-13(12)22-14/h1-8,14,18H,9H2,(H2,17,20)(H,19,21). The molecule has 1 unspecified atom stereocenters. The molecule has 1 aliphatic heterocycles. The molecule has 0 radical (unpaired) electrons. The van der Waals surface area contributed by atoms with Gasteiger partial charge in [-0.2, -0.15) is 0 Å². The molecular formula is C16H15N3O3. The average Bonchev–Trinajstić information content (AvgIpc) is 2.55. The quantitative estimate of drug-likeness (QED) is 0.802. The second-order valence-corrected chi connectivity index (χ2v) is 4.91. The molecule has 112 valence electrons. The summed E-state index contributed by atoms with van der Waals surface area (Å²) in [6, 6.07) is 13.8. The maximum Gasteiger partial charge on any atom is 0.267 e. The van der Waals surface area contributed by atoms with E-state index in [1.165, 1.54) is 0 Å². The van der Waals surface area contributed by atoms with Gasteiger partial charge >= 0.3 is 0 Å². The molecule has 0 aromatic heterocycles. The van der Waals surface area contributed by atoms with Gasteiger partial charge in [0.25, 0.3) is 5.91 Å². The van der Waals surface area contributed by atoms with Gasteiger partial charge in [0.05, 0.1) is 12.2 Å². The van der Waals surface area contributed by atoms with Crippen LogP contribution in [-0.2, 0) is 4.79 Å². The van der Waals surface area contributed by atoms with Crippen molar-refractivity contribution >= 4 is 23.2 Å². The monoisotopic (exact) mass is 297 g/mol. The third kappa shape index (κ3) is 2.85. The van der Waals surface area contributed by atoms with E-state index in [9.17, 15) is 9.59 Å². The predicted molar refractivity (Wildman–Crippen MR) is 82.9 cm³/mol. The molecule has 6 nitrogen and oxygen atoms in total. The third-order valence-electron chi connectivity index (χ3n) is 3.36. The number of nitrogens with one attached hydrogen (secondary N) is 2. The van der Waals surface area contributed by atoms with Crippen LogP contribution < -0.4 is 21.1 Å². The van der Waals surface area contributed by atoms with Gasteiger partial charge in [0.15, 0.2) is 6.10 Å². The normalized spacial score (nSPS) is 15.9. The Balaban J connectivity index is 1.66. The number of nitrogens with two attached hydrogens (primary N) is 1. The molecule has 1 atom stereocenters. The van der Waals surface area contributed by atoms with E-state index >= 15 is 0 Å². The molecule has 22 heavy (non-hydrogen) atoms. The summed E-state index contributed by atoms with van der Waals surface area (Å²) in [6.07, 6.45) is -0.620. The van der Waals surface area contributed by atoms with Crippen LogP contribution in [0.15, 0.2) is 48.5 Å². The van der Waals surface area contributed by atoms with Gasteiger partial charge in [-0.05, 0) is 36.4 Å². The maximum absolute atomic E-state index is 12.2. The Bertz CT molecular complexity index is 713. The maximum atomic E-state index is 12.2. The first kappa shape index (κ1) is 13.9. The van der Waals surface area contributed by atoms with Crippen molar-refractivity contribution in [2.75, 3.05) is 17.2 Å². The smallest absolute Gasteiger partial charge is 0.267 e. The highest BCUT2D eigenvalue weighted by Crippen LogP contribution is 2.28. The number of carbonyl (C=O) groups excluding carboxylic acids is 2. The molecule has 6 heteroatoms. The fraction of sp³-hybridized carbons (Fsp3) is 0.125. The van der Waals surface area contributed by atoms with E-state index in [4.69, 9.17) is 10.5 Å². The summed E-state index contributed by atoms with van der Waals surface area (Å²) in [5.74, 6) is -0.110. The summed E-state index contributed by atoms with van der Waals surface area (Å²) in [6.45, 7) is 0.391. The number of rotatable bonds is 3. The topological polar surface area (TPSA) is 93.5 Å². The number of primary amides is 1. The van der Waals surface area contributed by atoms with Crippen LogP contribution in [0.25, 0.3) is 0 Å². The molecule has 0 aliphatic carbocycles. The highest BCUT2D eigenvalue weighted by atomic mass is 16.5. The van der Waals surface area contributed by atoms with Crippen molar-refractivity contribution in [2.45, 2.75) is 6.10 Å². The lowest BCUT2D eigenvalue weighted by atomic mass is 10.2. The molecule has 1 aliphatic rings. The summed E-state index contributed by atoms with van der Waals surface area (Å²) in [5, 5.41) is 5.91. The molecule has 0 bridgehead atoms. The van der Waals surface area contributed by atoms with Crippen molar-refractivity contribution < 1.29 is 14.3 Å². The van der Waals surface area contributed by atoms with Gasteiger partial charge in [0, 0.05) is 11.3 Å². The van der Waals surface area contributed by atoms with E-state index in [1.807, 2.05) is 24.3 Å². The zero-order valence-electron chi connectivity index (χ0n) is 11.7. The minimum Gasteiger partial charge on any atom is -0.477 e. The Labute approximate surface area is 127 Å². The Kier molecular flexibility index (Phi) is 3.65. The van der Waals surface area contributed by atoms with Crippen LogP contribution >= 0.6 is 0 Å². The third-order valence-corrected chi connectivity index (χ3v) is 3.36. The van der Waals surface area contributed by atoms with E-state index in [-0.39, 0.29) is 5.91 Å². The Morgan fingerprint density at radius 2 is 1.86 bits per heavy atom. The molecular weight excluding hydrogens is 282 g/mol. The highest BCUT2D eigenvalue weighted by molar-refractivity contribution is 5.97. The number of carbonyl (C=O) groups is 2. The minimum atomic E-state index is -0.620. The first-order valence-corrected chi connectivity index (χ1v) is 6.84. The summed E-state index contributed by atoms with van der Waals surface area (Å²) in [5.41, 5.74) is 7.02. The molecule has 0 spiro atoms. The average molecular weight is 297 g/mol. The van der Waals surface area contributed by atoms with Crippen molar-refractivity contribution in [3.8, 4) is 5.75 Å². The summed E-state index contributed by atoms with van der Waals surface area (Å²) in [7, 11) is 0. The predicted octanol–water partition coefficient (Wildman–Crippen LogP) is 1.60. The van der Waals surface area contributed by atoms with E-state index < -0.39 is 12.0 Å². The molecule has 2 amide bonds. The van der Waals surface area contributed by atoms with Gasteiger partial charge in [-0.25, -0.2) is 0 Å². The van der Waals surface area contributed by atoms with Gasteiger partial charge in [-0.1, -0.05) is 12.1 Å².